The topological polar surface area (TPSA) is 86.8 Å². The lowest BCUT2D eigenvalue weighted by Crippen LogP contribution is -2.53. The second kappa shape index (κ2) is 13.3. The normalized spacial score (nSPS) is 14.4. The van der Waals surface area contributed by atoms with Crippen molar-refractivity contribution >= 4 is 27.5 Å². The molecule has 1 aliphatic carbocycles. The van der Waals surface area contributed by atoms with Crippen molar-refractivity contribution in [3.63, 3.8) is 0 Å². The molecule has 0 aliphatic heterocycles. The van der Waals surface area contributed by atoms with Gasteiger partial charge in [0, 0.05) is 12.6 Å². The first-order valence-electron chi connectivity index (χ1n) is 14.4. The average molecular weight is 576 g/mol. The van der Waals surface area contributed by atoms with E-state index >= 15 is 0 Å². The molecule has 0 unspecified atom stereocenters. The molecule has 4 rings (SSSR count). The summed E-state index contributed by atoms with van der Waals surface area (Å²) in [5.74, 6) is -0.625. The summed E-state index contributed by atoms with van der Waals surface area (Å²) in [7, 11) is -4.08. The minimum absolute atomic E-state index is 0.104. The highest BCUT2D eigenvalue weighted by atomic mass is 32.2. The highest BCUT2D eigenvalue weighted by Crippen LogP contribution is 2.26. The third-order valence-electron chi connectivity index (χ3n) is 7.73. The highest BCUT2D eigenvalue weighted by Gasteiger charge is 2.34. The Morgan fingerprint density at radius 1 is 0.878 bits per heavy atom. The molecular weight excluding hydrogens is 534 g/mol. The lowest BCUT2D eigenvalue weighted by atomic mass is 10.1. The van der Waals surface area contributed by atoms with Gasteiger partial charge >= 0.3 is 0 Å². The van der Waals surface area contributed by atoms with Crippen molar-refractivity contribution in [2.45, 2.75) is 83.3 Å². The molecule has 218 valence electrons. The molecule has 0 spiro atoms. The number of nitrogens with one attached hydrogen (secondary N) is 1. The molecule has 41 heavy (non-hydrogen) atoms. The van der Waals surface area contributed by atoms with Gasteiger partial charge in [-0.1, -0.05) is 85.0 Å². The summed E-state index contributed by atoms with van der Waals surface area (Å²) in [5, 5.41) is 3.15. The molecule has 1 fully saturated rings. The van der Waals surface area contributed by atoms with Crippen LogP contribution in [0.2, 0.25) is 0 Å². The molecule has 1 aliphatic rings. The lowest BCUT2D eigenvalue weighted by molar-refractivity contribution is -0.140. The van der Waals surface area contributed by atoms with E-state index in [1.165, 1.54) is 0 Å². The van der Waals surface area contributed by atoms with Crippen molar-refractivity contribution in [1.82, 2.24) is 10.2 Å². The first-order chi connectivity index (χ1) is 19.6. The molecule has 0 heterocycles. The maximum Gasteiger partial charge on any atom is 0.264 e. The third kappa shape index (κ3) is 7.55. The zero-order valence-electron chi connectivity index (χ0n) is 24.5. The van der Waals surface area contributed by atoms with Crippen LogP contribution in [0.3, 0.4) is 0 Å². The second-order valence-corrected chi connectivity index (χ2v) is 12.9. The quantitative estimate of drug-likeness (QED) is 0.319. The second-order valence-electron chi connectivity index (χ2n) is 11.1. The van der Waals surface area contributed by atoms with E-state index in [1.807, 2.05) is 64.1 Å². The summed E-state index contributed by atoms with van der Waals surface area (Å²) in [6.07, 6.45) is 4.44. The Hall–Kier alpha value is -3.65. The summed E-state index contributed by atoms with van der Waals surface area (Å²) < 4.78 is 29.1. The van der Waals surface area contributed by atoms with E-state index in [1.54, 1.807) is 41.3 Å². The van der Waals surface area contributed by atoms with Crippen LogP contribution in [-0.4, -0.2) is 43.8 Å². The first kappa shape index (κ1) is 30.3. The van der Waals surface area contributed by atoms with E-state index in [0.29, 0.717) is 12.1 Å². The Morgan fingerprint density at radius 2 is 1.49 bits per heavy atom. The molecule has 2 amide bonds. The highest BCUT2D eigenvalue weighted by molar-refractivity contribution is 7.92. The van der Waals surface area contributed by atoms with Crippen LogP contribution in [0.4, 0.5) is 5.69 Å². The van der Waals surface area contributed by atoms with Gasteiger partial charge in [0.2, 0.25) is 11.8 Å². The third-order valence-corrected chi connectivity index (χ3v) is 9.52. The molecule has 0 radical (unpaired) electrons. The van der Waals surface area contributed by atoms with Crippen molar-refractivity contribution in [2.24, 2.45) is 0 Å². The Morgan fingerprint density at radius 3 is 2.07 bits per heavy atom. The molecule has 3 aromatic rings. The molecule has 0 aromatic heterocycles. The molecule has 0 bridgehead atoms. The van der Waals surface area contributed by atoms with Gasteiger partial charge in [0.25, 0.3) is 10.0 Å². The van der Waals surface area contributed by atoms with Crippen LogP contribution in [0, 0.1) is 20.8 Å². The minimum atomic E-state index is -4.08. The number of hydrogen-bond acceptors (Lipinski definition) is 4. The van der Waals surface area contributed by atoms with E-state index in [4.69, 9.17) is 0 Å². The number of carbonyl (C=O) groups excluding carboxylic acids is 2. The zero-order valence-corrected chi connectivity index (χ0v) is 25.3. The van der Waals surface area contributed by atoms with Crippen molar-refractivity contribution in [3.05, 3.63) is 95.1 Å². The van der Waals surface area contributed by atoms with Crippen LogP contribution in [0.25, 0.3) is 0 Å². The summed E-state index contributed by atoms with van der Waals surface area (Å²) in [4.78, 5) is 29.4. The standard InChI is InChI=1S/C33H41N3O4S/c1-5-31(33(38)34-28-11-6-7-12-28)35(22-27-10-8-9-26(4)21-27)32(37)23-36(29-17-13-24(2)14-18-29)41(39,40)30-19-15-25(3)16-20-30/h8-10,13-21,28,31H,5-7,11-12,22-23H2,1-4H3,(H,34,38)/t31-/m0/s1. The lowest BCUT2D eigenvalue weighted by Gasteiger charge is -2.34. The Kier molecular flexibility index (Phi) is 9.86. The number of nitrogens with zero attached hydrogens (tertiary/aromatic N) is 2. The zero-order chi connectivity index (χ0) is 29.6. The fourth-order valence-corrected chi connectivity index (χ4v) is 6.79. The number of hydrogen-bond donors (Lipinski definition) is 1. The average Bonchev–Trinajstić information content (AvgIpc) is 3.45. The number of sulfonamides is 1. The maximum atomic E-state index is 14.2. The van der Waals surface area contributed by atoms with E-state index in [2.05, 4.69) is 5.32 Å². The van der Waals surface area contributed by atoms with E-state index < -0.39 is 28.5 Å². The summed E-state index contributed by atoms with van der Waals surface area (Å²) in [5.41, 5.74) is 4.23. The van der Waals surface area contributed by atoms with Crippen LogP contribution in [-0.2, 0) is 26.2 Å². The number of amides is 2. The molecule has 1 N–H and O–H groups in total. The SMILES string of the molecule is CC[C@@H](C(=O)NC1CCCC1)N(Cc1cccc(C)c1)C(=O)CN(c1ccc(C)cc1)S(=O)(=O)c1ccc(C)cc1. The summed E-state index contributed by atoms with van der Waals surface area (Å²) in [6.45, 7) is 7.44. The predicted molar refractivity (Wildman–Crippen MR) is 163 cm³/mol. The van der Waals surface area contributed by atoms with Gasteiger partial charge in [-0.3, -0.25) is 13.9 Å². The van der Waals surface area contributed by atoms with Gasteiger partial charge in [-0.2, -0.15) is 0 Å². The van der Waals surface area contributed by atoms with Crippen molar-refractivity contribution in [1.29, 1.82) is 0 Å². The van der Waals surface area contributed by atoms with Gasteiger partial charge in [-0.15, -0.1) is 0 Å². The molecule has 1 atom stereocenters. The molecular formula is C33H41N3O4S. The molecule has 7 nitrogen and oxygen atoms in total. The van der Waals surface area contributed by atoms with Gasteiger partial charge in [-0.25, -0.2) is 8.42 Å². The number of aryl methyl sites for hydroxylation is 3. The molecule has 3 aromatic carbocycles. The van der Waals surface area contributed by atoms with Gasteiger partial charge in [0.1, 0.15) is 12.6 Å². The first-order valence-corrected chi connectivity index (χ1v) is 15.8. The van der Waals surface area contributed by atoms with Crippen LogP contribution in [0.1, 0.15) is 61.3 Å². The number of rotatable bonds is 11. The van der Waals surface area contributed by atoms with E-state index in [-0.39, 0.29) is 23.4 Å². The Balaban J connectivity index is 1.71. The number of benzene rings is 3. The number of anilines is 1. The fraction of sp³-hybridized carbons (Fsp3) is 0.394. The largest absolute Gasteiger partial charge is 0.352 e. The van der Waals surface area contributed by atoms with Gasteiger partial charge in [-0.05, 0) is 69.9 Å². The van der Waals surface area contributed by atoms with Crippen LogP contribution in [0.15, 0.2) is 77.7 Å². The van der Waals surface area contributed by atoms with Crippen LogP contribution in [0.5, 0.6) is 0 Å². The van der Waals surface area contributed by atoms with Gasteiger partial charge in [0.15, 0.2) is 0 Å². The summed E-state index contributed by atoms with van der Waals surface area (Å²) in [6, 6.07) is 20.9. The maximum absolute atomic E-state index is 14.2. The van der Waals surface area contributed by atoms with Crippen molar-refractivity contribution in [3.8, 4) is 0 Å². The van der Waals surface area contributed by atoms with Crippen LogP contribution < -0.4 is 9.62 Å². The van der Waals surface area contributed by atoms with Crippen molar-refractivity contribution < 1.29 is 18.0 Å². The van der Waals surface area contributed by atoms with E-state index in [0.717, 1.165) is 52.2 Å². The summed E-state index contributed by atoms with van der Waals surface area (Å²) >= 11 is 0. The smallest absolute Gasteiger partial charge is 0.264 e. The van der Waals surface area contributed by atoms with E-state index in [9.17, 15) is 18.0 Å². The van der Waals surface area contributed by atoms with Gasteiger partial charge < -0.3 is 10.2 Å². The molecule has 0 saturated heterocycles. The Labute approximate surface area is 244 Å². The Bertz CT molecular complexity index is 1450. The monoisotopic (exact) mass is 575 g/mol. The van der Waals surface area contributed by atoms with Crippen LogP contribution >= 0.6 is 0 Å². The minimum Gasteiger partial charge on any atom is -0.352 e. The van der Waals surface area contributed by atoms with Gasteiger partial charge in [0.05, 0.1) is 10.6 Å². The molecule has 8 heteroatoms. The fourth-order valence-electron chi connectivity index (χ4n) is 5.37. The van der Waals surface area contributed by atoms with Crippen molar-refractivity contribution in [2.75, 3.05) is 10.8 Å². The predicted octanol–water partition coefficient (Wildman–Crippen LogP) is 5.67. The number of carbonyl (C=O) groups is 2. The molecule has 1 saturated carbocycles.